The van der Waals surface area contributed by atoms with E-state index in [1.165, 1.54) is 38.5 Å². The Balaban J connectivity index is 4.16. The highest BCUT2D eigenvalue weighted by molar-refractivity contribution is 7.46. The molecule has 0 aliphatic heterocycles. The summed E-state index contributed by atoms with van der Waals surface area (Å²) in [5.74, 6) is -1.04. The number of hydrogen-bond acceptors (Lipinski definition) is 7. The van der Waals surface area contributed by atoms with Gasteiger partial charge in [0.05, 0.1) is 12.7 Å². The van der Waals surface area contributed by atoms with Crippen molar-refractivity contribution in [1.29, 1.82) is 0 Å². The van der Waals surface area contributed by atoms with Gasteiger partial charge in [-0.05, 0) is 89.9 Å². The van der Waals surface area contributed by atoms with Gasteiger partial charge in [0.25, 0.3) is 0 Å². The molecule has 0 aliphatic rings. The first-order chi connectivity index (χ1) is 25.7. The summed E-state index contributed by atoms with van der Waals surface area (Å²) in [7, 11) is -4.79. The molecule has 0 aromatic rings. The van der Waals surface area contributed by atoms with Gasteiger partial charge in [0.15, 0.2) is 6.10 Å². The molecule has 3 N–H and O–H groups in total. The lowest BCUT2D eigenvalue weighted by atomic mass is 10.1. The van der Waals surface area contributed by atoms with Gasteiger partial charge in [0.2, 0.25) is 0 Å². The van der Waals surface area contributed by atoms with Crippen molar-refractivity contribution < 1.29 is 43.0 Å². The second kappa shape index (κ2) is 37.5. The number of aliphatic hydroxyl groups is 1. The number of unbranched alkanes of at least 4 members (excludes halogenated alkanes) is 8. The Labute approximate surface area is 321 Å². The summed E-state index contributed by atoms with van der Waals surface area (Å²) in [6.45, 7) is 3.29. The number of allylic oxidation sites excluding steroid dienone is 14. The third-order valence-electron chi connectivity index (χ3n) is 8.05. The van der Waals surface area contributed by atoms with Crippen molar-refractivity contribution in [2.45, 2.75) is 161 Å². The zero-order valence-corrected chi connectivity index (χ0v) is 33.6. The van der Waals surface area contributed by atoms with Crippen LogP contribution in [0.15, 0.2) is 85.1 Å². The van der Waals surface area contributed by atoms with E-state index in [2.05, 4.69) is 78.3 Å². The Morgan fingerprint density at radius 1 is 0.566 bits per heavy atom. The number of phosphoric acid groups is 1. The molecule has 0 aromatic heterocycles. The highest BCUT2D eigenvalue weighted by Gasteiger charge is 2.22. The van der Waals surface area contributed by atoms with E-state index in [9.17, 15) is 19.3 Å². The predicted octanol–water partition coefficient (Wildman–Crippen LogP) is 11.0. The summed E-state index contributed by atoms with van der Waals surface area (Å²) in [6, 6.07) is 0. The molecule has 0 saturated carbocycles. The monoisotopic (exact) mass is 762 g/mol. The smallest absolute Gasteiger partial charge is 0.462 e. The molecule has 0 rings (SSSR count). The zero-order chi connectivity index (χ0) is 39.1. The standard InChI is InChI=1S/C43H71O9P/c1-3-5-6-7-8-9-10-11-12-13-14-19-22-25-28-31-34-37-43(46)52-41(39-51-53(47,48)49)38-50-42(45)36-33-30-27-24-21-18-16-15-17-20-23-26-29-32-35-40(44)4-2/h11-12,14,16-20,24-29,40-41,44H,3-10,13,15,21-23,30-39H2,1-2H3,(H2,47,48,49)/b12-11-,18-16-,19-14-,20-17-,27-24-,28-25-,29-26-/t40-,41+/m0/s1. The molecule has 0 saturated heterocycles. The van der Waals surface area contributed by atoms with Crippen molar-refractivity contribution in [3.05, 3.63) is 85.1 Å². The summed E-state index contributed by atoms with van der Waals surface area (Å²) >= 11 is 0. The summed E-state index contributed by atoms with van der Waals surface area (Å²) < 4.78 is 26.2. The minimum absolute atomic E-state index is 0.117. The van der Waals surface area contributed by atoms with E-state index in [0.717, 1.165) is 57.8 Å². The Morgan fingerprint density at radius 3 is 1.49 bits per heavy atom. The SMILES string of the molecule is CCCCCCCC/C=C\C/C=C\C/C=C\CCCC(=O)O[C@H](COC(=O)CCC/C=C\C/C=C\C/C=C\C/C=C\CC[C@@H](O)CC)COP(=O)(O)O. The van der Waals surface area contributed by atoms with Crippen molar-refractivity contribution in [3.8, 4) is 0 Å². The van der Waals surface area contributed by atoms with Crippen LogP contribution in [0.5, 0.6) is 0 Å². The highest BCUT2D eigenvalue weighted by atomic mass is 31.2. The molecule has 0 aliphatic carbocycles. The average Bonchev–Trinajstić information content (AvgIpc) is 3.13. The van der Waals surface area contributed by atoms with Gasteiger partial charge in [-0.15, -0.1) is 0 Å². The lowest BCUT2D eigenvalue weighted by Crippen LogP contribution is -2.29. The largest absolute Gasteiger partial charge is 0.469 e. The molecule has 0 heterocycles. The van der Waals surface area contributed by atoms with Crippen molar-refractivity contribution in [2.24, 2.45) is 0 Å². The van der Waals surface area contributed by atoms with Crippen LogP contribution in [0.4, 0.5) is 0 Å². The predicted molar refractivity (Wildman–Crippen MR) is 217 cm³/mol. The maximum absolute atomic E-state index is 12.4. The summed E-state index contributed by atoms with van der Waals surface area (Å²) in [6.07, 6.45) is 46.9. The first kappa shape index (κ1) is 50.2. The van der Waals surface area contributed by atoms with Crippen LogP contribution < -0.4 is 0 Å². The number of aliphatic hydroxyl groups excluding tert-OH is 1. The number of hydrogen-bond donors (Lipinski definition) is 3. The average molecular weight is 763 g/mol. The fraction of sp³-hybridized carbons (Fsp3) is 0.628. The maximum Gasteiger partial charge on any atom is 0.469 e. The number of esters is 2. The van der Waals surface area contributed by atoms with Crippen LogP contribution >= 0.6 is 7.82 Å². The fourth-order valence-corrected chi connectivity index (χ4v) is 5.25. The molecule has 9 nitrogen and oxygen atoms in total. The lowest BCUT2D eigenvalue weighted by molar-refractivity contribution is -0.161. The number of carbonyl (C=O) groups excluding carboxylic acids is 2. The van der Waals surface area contributed by atoms with Gasteiger partial charge in [-0.1, -0.05) is 131 Å². The van der Waals surface area contributed by atoms with Crippen molar-refractivity contribution in [2.75, 3.05) is 13.2 Å². The zero-order valence-electron chi connectivity index (χ0n) is 32.7. The Hall–Kier alpha value is -2.81. The van der Waals surface area contributed by atoms with Crippen LogP contribution in [0, 0.1) is 0 Å². The van der Waals surface area contributed by atoms with Gasteiger partial charge in [-0.3, -0.25) is 14.1 Å². The van der Waals surface area contributed by atoms with E-state index in [1.807, 2.05) is 25.2 Å². The van der Waals surface area contributed by atoms with Gasteiger partial charge in [-0.2, -0.15) is 0 Å². The number of rotatable bonds is 35. The third-order valence-corrected chi connectivity index (χ3v) is 8.54. The molecule has 53 heavy (non-hydrogen) atoms. The molecular formula is C43H71O9P. The van der Waals surface area contributed by atoms with Crippen LogP contribution in [0.3, 0.4) is 0 Å². The molecule has 0 radical (unpaired) electrons. The Morgan fingerprint density at radius 2 is 1.00 bits per heavy atom. The van der Waals surface area contributed by atoms with E-state index in [0.29, 0.717) is 25.7 Å². The second-order valence-corrected chi connectivity index (χ2v) is 14.3. The summed E-state index contributed by atoms with van der Waals surface area (Å²) in [4.78, 5) is 42.7. The molecule has 2 atom stereocenters. The van der Waals surface area contributed by atoms with E-state index in [-0.39, 0.29) is 25.6 Å². The van der Waals surface area contributed by atoms with Gasteiger partial charge < -0.3 is 24.4 Å². The second-order valence-electron chi connectivity index (χ2n) is 13.0. The molecular weight excluding hydrogens is 691 g/mol. The summed E-state index contributed by atoms with van der Waals surface area (Å²) in [5, 5.41) is 9.53. The molecule has 0 aromatic carbocycles. The molecule has 0 amide bonds. The number of phosphoric ester groups is 1. The van der Waals surface area contributed by atoms with E-state index in [1.54, 1.807) is 0 Å². The Bertz CT molecular complexity index is 1150. The van der Waals surface area contributed by atoms with Gasteiger partial charge in [0.1, 0.15) is 6.61 Å². The fourth-order valence-electron chi connectivity index (χ4n) is 4.89. The molecule has 0 spiro atoms. The molecule has 10 heteroatoms. The highest BCUT2D eigenvalue weighted by Crippen LogP contribution is 2.35. The third kappa shape index (κ3) is 40.2. The minimum atomic E-state index is -4.79. The quantitative estimate of drug-likeness (QED) is 0.0249. The Kier molecular flexibility index (Phi) is 35.5. The van der Waals surface area contributed by atoms with Crippen LogP contribution in [-0.4, -0.2) is 52.3 Å². The first-order valence-corrected chi connectivity index (χ1v) is 21.5. The minimum Gasteiger partial charge on any atom is -0.462 e. The van der Waals surface area contributed by atoms with Crippen LogP contribution in [0.1, 0.15) is 149 Å². The van der Waals surface area contributed by atoms with Crippen molar-refractivity contribution >= 4 is 19.8 Å². The van der Waals surface area contributed by atoms with Crippen LogP contribution in [-0.2, 0) is 28.2 Å². The van der Waals surface area contributed by atoms with Crippen LogP contribution in [0.25, 0.3) is 0 Å². The normalized spacial score (nSPS) is 14.0. The van der Waals surface area contributed by atoms with Gasteiger partial charge in [0, 0.05) is 12.8 Å². The van der Waals surface area contributed by atoms with Crippen molar-refractivity contribution in [1.82, 2.24) is 0 Å². The molecule has 0 unspecified atom stereocenters. The van der Waals surface area contributed by atoms with Crippen molar-refractivity contribution in [3.63, 3.8) is 0 Å². The van der Waals surface area contributed by atoms with E-state index >= 15 is 0 Å². The molecule has 302 valence electrons. The molecule has 0 bridgehead atoms. The van der Waals surface area contributed by atoms with E-state index in [4.69, 9.17) is 19.3 Å². The maximum atomic E-state index is 12.4. The number of carbonyl (C=O) groups is 2. The van der Waals surface area contributed by atoms with Crippen LogP contribution in [0.2, 0.25) is 0 Å². The van der Waals surface area contributed by atoms with Gasteiger partial charge in [-0.25, -0.2) is 4.57 Å². The summed E-state index contributed by atoms with van der Waals surface area (Å²) in [5.41, 5.74) is 0. The van der Waals surface area contributed by atoms with E-state index < -0.39 is 32.5 Å². The molecule has 0 fully saturated rings. The van der Waals surface area contributed by atoms with Gasteiger partial charge >= 0.3 is 19.8 Å². The topological polar surface area (TPSA) is 140 Å². The lowest BCUT2D eigenvalue weighted by Gasteiger charge is -2.18. The number of ether oxygens (including phenoxy) is 2. The first-order valence-electron chi connectivity index (χ1n) is 20.0.